The molecule has 1 aromatic heterocycles. The van der Waals surface area contributed by atoms with E-state index in [2.05, 4.69) is 15.5 Å². The van der Waals surface area contributed by atoms with Crippen molar-refractivity contribution < 1.29 is 24.0 Å². The molecule has 2 rings (SSSR count). The Labute approximate surface area is 134 Å². The van der Waals surface area contributed by atoms with Crippen LogP contribution in [-0.2, 0) is 21.5 Å². The normalized spacial score (nSPS) is 17.0. The molecule has 0 saturated heterocycles. The van der Waals surface area contributed by atoms with Gasteiger partial charge in [-0.1, -0.05) is 18.0 Å². The van der Waals surface area contributed by atoms with Crippen molar-refractivity contribution in [1.82, 2.24) is 15.5 Å². The molecule has 1 aromatic rings. The summed E-state index contributed by atoms with van der Waals surface area (Å²) in [5.41, 5.74) is -1.29. The molecule has 0 atom stereocenters. The van der Waals surface area contributed by atoms with Gasteiger partial charge in [0, 0.05) is 6.42 Å². The number of carbonyl (C=O) groups excluding carboxylic acids is 1. The number of carboxylic acid groups (broad SMARTS) is 1. The molecule has 1 aliphatic rings. The SMILES string of the molecule is CC(C)(C)OC(=O)NC1(c2noc(CCC(=O)O)n2)CCCC1. The van der Waals surface area contributed by atoms with Gasteiger partial charge < -0.3 is 19.7 Å². The number of nitrogens with one attached hydrogen (secondary N) is 1. The maximum absolute atomic E-state index is 12.1. The number of amides is 1. The smallest absolute Gasteiger partial charge is 0.408 e. The molecular formula is C15H23N3O5. The lowest BCUT2D eigenvalue weighted by Crippen LogP contribution is -2.46. The summed E-state index contributed by atoms with van der Waals surface area (Å²) in [4.78, 5) is 27.0. The molecule has 1 aliphatic carbocycles. The monoisotopic (exact) mass is 325 g/mol. The predicted octanol–water partition coefficient (Wildman–Crippen LogP) is 2.38. The van der Waals surface area contributed by atoms with Crippen LogP contribution in [0.3, 0.4) is 0 Å². The Bertz CT molecular complexity index is 570. The summed E-state index contributed by atoms with van der Waals surface area (Å²) in [6.07, 6.45) is 2.85. The van der Waals surface area contributed by atoms with Crippen LogP contribution < -0.4 is 5.32 Å². The molecule has 0 aliphatic heterocycles. The van der Waals surface area contributed by atoms with Gasteiger partial charge in [0.25, 0.3) is 0 Å². The highest BCUT2D eigenvalue weighted by atomic mass is 16.6. The van der Waals surface area contributed by atoms with E-state index in [1.54, 1.807) is 20.8 Å². The number of nitrogens with zero attached hydrogens (tertiary/aromatic N) is 2. The lowest BCUT2D eigenvalue weighted by atomic mass is 9.97. The molecule has 23 heavy (non-hydrogen) atoms. The number of carboxylic acids is 1. The van der Waals surface area contributed by atoms with E-state index in [-0.39, 0.29) is 18.7 Å². The van der Waals surface area contributed by atoms with Crippen molar-refractivity contribution in [3.8, 4) is 0 Å². The highest BCUT2D eigenvalue weighted by Crippen LogP contribution is 2.37. The second kappa shape index (κ2) is 6.55. The van der Waals surface area contributed by atoms with Crippen molar-refractivity contribution >= 4 is 12.1 Å². The van der Waals surface area contributed by atoms with Crippen LogP contribution in [0.25, 0.3) is 0 Å². The second-order valence-corrected chi connectivity index (χ2v) is 6.82. The van der Waals surface area contributed by atoms with Crippen molar-refractivity contribution in [2.45, 2.75) is 70.4 Å². The van der Waals surface area contributed by atoms with Crippen LogP contribution in [0.5, 0.6) is 0 Å². The van der Waals surface area contributed by atoms with E-state index in [9.17, 15) is 9.59 Å². The highest BCUT2D eigenvalue weighted by molar-refractivity contribution is 5.69. The second-order valence-electron chi connectivity index (χ2n) is 6.82. The Hall–Kier alpha value is -2.12. The van der Waals surface area contributed by atoms with Gasteiger partial charge in [-0.05, 0) is 33.6 Å². The van der Waals surface area contributed by atoms with E-state index >= 15 is 0 Å². The Balaban J connectivity index is 2.11. The summed E-state index contributed by atoms with van der Waals surface area (Å²) in [5.74, 6) is -0.270. The van der Waals surface area contributed by atoms with Gasteiger partial charge in [-0.15, -0.1) is 0 Å². The summed E-state index contributed by atoms with van der Waals surface area (Å²) in [6, 6.07) is 0. The number of alkyl carbamates (subject to hydrolysis) is 1. The lowest BCUT2D eigenvalue weighted by molar-refractivity contribution is -0.137. The lowest BCUT2D eigenvalue weighted by Gasteiger charge is -2.28. The summed E-state index contributed by atoms with van der Waals surface area (Å²) in [6.45, 7) is 5.39. The van der Waals surface area contributed by atoms with E-state index in [4.69, 9.17) is 14.4 Å². The zero-order valence-electron chi connectivity index (χ0n) is 13.7. The van der Waals surface area contributed by atoms with Crippen molar-refractivity contribution in [3.05, 3.63) is 11.7 Å². The van der Waals surface area contributed by atoms with E-state index in [1.165, 1.54) is 0 Å². The number of hydrogen-bond acceptors (Lipinski definition) is 6. The minimum Gasteiger partial charge on any atom is -0.481 e. The molecule has 0 radical (unpaired) electrons. The largest absolute Gasteiger partial charge is 0.481 e. The number of carbonyl (C=O) groups is 2. The summed E-state index contributed by atoms with van der Waals surface area (Å²) in [7, 11) is 0. The zero-order valence-corrected chi connectivity index (χ0v) is 13.7. The third kappa shape index (κ3) is 4.67. The van der Waals surface area contributed by atoms with Crippen LogP contribution in [0, 0.1) is 0 Å². The van der Waals surface area contributed by atoms with Crippen molar-refractivity contribution in [1.29, 1.82) is 0 Å². The zero-order chi connectivity index (χ0) is 17.1. The average molecular weight is 325 g/mol. The fourth-order valence-corrected chi connectivity index (χ4v) is 2.65. The number of aliphatic carboxylic acids is 1. The number of rotatable bonds is 5. The molecule has 0 bridgehead atoms. The van der Waals surface area contributed by atoms with Gasteiger partial charge in [-0.25, -0.2) is 4.79 Å². The standard InChI is InChI=1S/C15H23N3O5/c1-14(2,3)22-13(21)17-15(8-4-5-9-15)12-16-10(23-18-12)6-7-11(19)20/h4-9H2,1-3H3,(H,17,21)(H,19,20). The minimum absolute atomic E-state index is 0.0753. The molecule has 8 nitrogen and oxygen atoms in total. The maximum Gasteiger partial charge on any atom is 0.408 e. The third-order valence-corrected chi connectivity index (χ3v) is 3.65. The molecule has 128 valence electrons. The van der Waals surface area contributed by atoms with Gasteiger partial charge in [0.15, 0.2) is 5.82 Å². The van der Waals surface area contributed by atoms with Gasteiger partial charge in [0.1, 0.15) is 11.1 Å². The first-order valence-corrected chi connectivity index (χ1v) is 7.76. The molecule has 1 amide bonds. The molecule has 0 aromatic carbocycles. The quantitative estimate of drug-likeness (QED) is 0.854. The van der Waals surface area contributed by atoms with Crippen LogP contribution >= 0.6 is 0 Å². The molecular weight excluding hydrogens is 302 g/mol. The molecule has 2 N–H and O–H groups in total. The first kappa shape index (κ1) is 17.2. The Morgan fingerprint density at radius 2 is 2.00 bits per heavy atom. The number of hydrogen-bond donors (Lipinski definition) is 2. The van der Waals surface area contributed by atoms with E-state index in [0.29, 0.717) is 18.7 Å². The average Bonchev–Trinajstić information content (AvgIpc) is 3.03. The van der Waals surface area contributed by atoms with E-state index < -0.39 is 23.2 Å². The van der Waals surface area contributed by atoms with Gasteiger partial charge >= 0.3 is 12.1 Å². The maximum atomic E-state index is 12.1. The van der Waals surface area contributed by atoms with E-state index in [1.807, 2.05) is 0 Å². The first-order chi connectivity index (χ1) is 10.7. The third-order valence-electron chi connectivity index (χ3n) is 3.65. The van der Waals surface area contributed by atoms with Crippen LogP contribution in [0.2, 0.25) is 0 Å². The molecule has 1 fully saturated rings. The minimum atomic E-state index is -0.924. The fourth-order valence-electron chi connectivity index (χ4n) is 2.65. The molecule has 1 saturated carbocycles. The summed E-state index contributed by atoms with van der Waals surface area (Å²) < 4.78 is 10.4. The van der Waals surface area contributed by atoms with Crippen molar-refractivity contribution in [3.63, 3.8) is 0 Å². The molecule has 8 heteroatoms. The Morgan fingerprint density at radius 1 is 1.35 bits per heavy atom. The first-order valence-electron chi connectivity index (χ1n) is 7.76. The number of aromatic nitrogens is 2. The van der Waals surface area contributed by atoms with Crippen LogP contribution in [0.4, 0.5) is 4.79 Å². The highest BCUT2D eigenvalue weighted by Gasteiger charge is 2.42. The predicted molar refractivity (Wildman–Crippen MR) is 79.8 cm³/mol. The molecule has 1 heterocycles. The topological polar surface area (TPSA) is 115 Å². The van der Waals surface area contributed by atoms with Crippen molar-refractivity contribution in [2.24, 2.45) is 0 Å². The van der Waals surface area contributed by atoms with Crippen LogP contribution in [-0.4, -0.2) is 32.9 Å². The van der Waals surface area contributed by atoms with Gasteiger partial charge in [0.2, 0.25) is 5.89 Å². The number of ether oxygens (including phenoxy) is 1. The summed E-state index contributed by atoms with van der Waals surface area (Å²) in [5, 5.41) is 15.5. The molecule has 0 spiro atoms. The van der Waals surface area contributed by atoms with Gasteiger partial charge in [0.05, 0.1) is 6.42 Å². The fraction of sp³-hybridized carbons (Fsp3) is 0.733. The van der Waals surface area contributed by atoms with Gasteiger partial charge in [-0.2, -0.15) is 4.98 Å². The van der Waals surface area contributed by atoms with Gasteiger partial charge in [-0.3, -0.25) is 4.79 Å². The van der Waals surface area contributed by atoms with E-state index in [0.717, 1.165) is 12.8 Å². The summed E-state index contributed by atoms with van der Waals surface area (Å²) >= 11 is 0. The van der Waals surface area contributed by atoms with Crippen LogP contribution in [0.1, 0.15) is 64.6 Å². The van der Waals surface area contributed by atoms with Crippen LogP contribution in [0.15, 0.2) is 4.52 Å². The molecule has 0 unspecified atom stereocenters. The Morgan fingerprint density at radius 3 is 2.57 bits per heavy atom. The Kier molecular flexibility index (Phi) is 4.91. The van der Waals surface area contributed by atoms with Crippen molar-refractivity contribution in [2.75, 3.05) is 0 Å². The number of aryl methyl sites for hydroxylation is 1.